The molecule has 0 bridgehead atoms. The van der Waals surface area contributed by atoms with Crippen molar-refractivity contribution in [2.24, 2.45) is 5.92 Å². The van der Waals surface area contributed by atoms with Crippen molar-refractivity contribution < 1.29 is 31.1 Å². The first kappa shape index (κ1) is 23.7. The summed E-state index contributed by atoms with van der Waals surface area (Å²) in [5.41, 5.74) is -0.0963. The number of hydrogen-bond donors (Lipinski definition) is 2. The van der Waals surface area contributed by atoms with Crippen molar-refractivity contribution in [2.75, 3.05) is 18.5 Å². The molecule has 0 aliphatic rings. The molecule has 0 saturated carbocycles. The molecular weight excluding hydrogens is 421 g/mol. The van der Waals surface area contributed by atoms with Crippen LogP contribution in [0.1, 0.15) is 25.0 Å². The van der Waals surface area contributed by atoms with Crippen LogP contribution in [0, 0.1) is 12.8 Å². The third-order valence-electron chi connectivity index (χ3n) is 3.99. The van der Waals surface area contributed by atoms with Crippen molar-refractivity contribution in [3.05, 3.63) is 53.6 Å². The van der Waals surface area contributed by atoms with Gasteiger partial charge in [0.15, 0.2) is 6.61 Å². The van der Waals surface area contributed by atoms with Gasteiger partial charge in [-0.1, -0.05) is 13.8 Å². The number of alkyl halides is 3. The van der Waals surface area contributed by atoms with E-state index >= 15 is 0 Å². The Kier molecular flexibility index (Phi) is 7.49. The fourth-order valence-electron chi connectivity index (χ4n) is 2.39. The zero-order valence-corrected chi connectivity index (χ0v) is 17.5. The minimum atomic E-state index is -4.45. The van der Waals surface area contributed by atoms with E-state index in [1.54, 1.807) is 6.92 Å². The van der Waals surface area contributed by atoms with Crippen molar-refractivity contribution in [1.29, 1.82) is 0 Å². The Morgan fingerprint density at radius 2 is 1.73 bits per heavy atom. The highest BCUT2D eigenvalue weighted by atomic mass is 32.2. The number of halogens is 3. The first-order valence-electron chi connectivity index (χ1n) is 9.08. The maximum Gasteiger partial charge on any atom is 0.416 e. The van der Waals surface area contributed by atoms with Gasteiger partial charge in [-0.3, -0.25) is 4.79 Å². The molecule has 0 aromatic heterocycles. The topological polar surface area (TPSA) is 84.5 Å². The molecule has 10 heteroatoms. The first-order valence-corrected chi connectivity index (χ1v) is 10.6. The minimum Gasteiger partial charge on any atom is -0.483 e. The summed E-state index contributed by atoms with van der Waals surface area (Å²) in [6.07, 6.45) is -4.45. The molecule has 2 rings (SSSR count). The van der Waals surface area contributed by atoms with Crippen LogP contribution in [-0.2, 0) is 21.0 Å². The van der Waals surface area contributed by atoms with Crippen molar-refractivity contribution in [2.45, 2.75) is 31.8 Å². The van der Waals surface area contributed by atoms with E-state index in [2.05, 4.69) is 10.0 Å². The van der Waals surface area contributed by atoms with E-state index < -0.39 is 27.7 Å². The average Bonchev–Trinajstić information content (AvgIpc) is 2.65. The highest BCUT2D eigenvalue weighted by Gasteiger charge is 2.30. The van der Waals surface area contributed by atoms with Crippen molar-refractivity contribution in [1.82, 2.24) is 4.72 Å². The summed E-state index contributed by atoms with van der Waals surface area (Å²) in [4.78, 5) is 12.1. The van der Waals surface area contributed by atoms with E-state index in [1.807, 2.05) is 13.8 Å². The van der Waals surface area contributed by atoms with Crippen LogP contribution in [0.3, 0.4) is 0 Å². The largest absolute Gasteiger partial charge is 0.483 e. The number of anilines is 1. The van der Waals surface area contributed by atoms with Gasteiger partial charge in [0.2, 0.25) is 10.0 Å². The van der Waals surface area contributed by atoms with Crippen molar-refractivity contribution >= 4 is 21.6 Å². The summed E-state index contributed by atoms with van der Waals surface area (Å²) < 4.78 is 70.1. The van der Waals surface area contributed by atoms with E-state index in [1.165, 1.54) is 18.2 Å². The van der Waals surface area contributed by atoms with Gasteiger partial charge in [-0.2, -0.15) is 13.2 Å². The summed E-state index contributed by atoms with van der Waals surface area (Å²) in [6.45, 7) is 5.34. The van der Waals surface area contributed by atoms with Crippen LogP contribution in [0.5, 0.6) is 5.75 Å². The van der Waals surface area contributed by atoms with Crippen LogP contribution >= 0.6 is 0 Å². The lowest BCUT2D eigenvalue weighted by molar-refractivity contribution is -0.137. The Morgan fingerprint density at radius 1 is 1.10 bits per heavy atom. The van der Waals surface area contributed by atoms with E-state index in [-0.39, 0.29) is 23.1 Å². The molecule has 2 aromatic rings. The van der Waals surface area contributed by atoms with Gasteiger partial charge >= 0.3 is 6.18 Å². The predicted octanol–water partition coefficient (Wildman–Crippen LogP) is 3.97. The number of ether oxygens (including phenoxy) is 1. The lowest BCUT2D eigenvalue weighted by atomic mass is 10.2. The van der Waals surface area contributed by atoms with Crippen molar-refractivity contribution in [3.63, 3.8) is 0 Å². The Balaban J connectivity index is 1.96. The second-order valence-corrected chi connectivity index (χ2v) is 8.85. The normalized spacial score (nSPS) is 12.1. The first-order chi connectivity index (χ1) is 13.9. The number of benzene rings is 2. The van der Waals surface area contributed by atoms with Gasteiger partial charge in [-0.15, -0.1) is 0 Å². The third-order valence-corrected chi connectivity index (χ3v) is 5.41. The summed E-state index contributed by atoms with van der Waals surface area (Å²) in [6, 6.07) is 8.29. The van der Waals surface area contributed by atoms with Crippen molar-refractivity contribution in [3.8, 4) is 5.75 Å². The van der Waals surface area contributed by atoms with Crippen LogP contribution in [0.15, 0.2) is 47.4 Å². The number of sulfonamides is 1. The molecule has 30 heavy (non-hydrogen) atoms. The smallest absolute Gasteiger partial charge is 0.416 e. The van der Waals surface area contributed by atoms with E-state index in [9.17, 15) is 26.4 Å². The van der Waals surface area contributed by atoms with E-state index in [0.717, 1.165) is 24.3 Å². The number of aryl methyl sites for hydroxylation is 1. The molecule has 0 fully saturated rings. The summed E-state index contributed by atoms with van der Waals surface area (Å²) in [7, 11) is -3.65. The van der Waals surface area contributed by atoms with Crippen LogP contribution in [0.2, 0.25) is 0 Å². The average molecular weight is 444 g/mol. The van der Waals surface area contributed by atoms with Crippen LogP contribution in [-0.4, -0.2) is 27.5 Å². The highest BCUT2D eigenvalue weighted by molar-refractivity contribution is 7.89. The number of nitrogens with one attached hydrogen (secondary N) is 2. The maximum absolute atomic E-state index is 12.6. The molecule has 0 atom stereocenters. The highest BCUT2D eigenvalue weighted by Crippen LogP contribution is 2.29. The molecule has 6 nitrogen and oxygen atoms in total. The molecular formula is C20H23F3N2O4S. The predicted molar refractivity (Wildman–Crippen MR) is 107 cm³/mol. The van der Waals surface area contributed by atoms with Gasteiger partial charge in [0.1, 0.15) is 5.75 Å². The third kappa shape index (κ3) is 6.74. The molecule has 0 radical (unpaired) electrons. The second-order valence-electron chi connectivity index (χ2n) is 7.09. The Morgan fingerprint density at radius 3 is 2.27 bits per heavy atom. The Labute approximate surface area is 173 Å². The van der Waals surface area contributed by atoms with Gasteiger partial charge < -0.3 is 10.1 Å². The zero-order valence-electron chi connectivity index (χ0n) is 16.7. The second kappa shape index (κ2) is 9.48. The SMILES string of the molecule is Cc1cc(S(=O)(=O)NCC(C)C)ccc1OCC(=O)Nc1ccc(C(F)(F)F)cc1. The standard InChI is InChI=1S/C20H23F3N2O4S/c1-13(2)11-24-30(27,28)17-8-9-18(14(3)10-17)29-12-19(26)25-16-6-4-15(5-7-16)20(21,22)23/h4-10,13,24H,11-12H2,1-3H3,(H,25,26). The molecule has 0 spiro atoms. The number of rotatable bonds is 8. The summed E-state index contributed by atoms with van der Waals surface area (Å²) in [5, 5.41) is 2.44. The van der Waals surface area contributed by atoms with Crippen LogP contribution < -0.4 is 14.8 Å². The number of carbonyl (C=O) groups is 1. The van der Waals surface area contributed by atoms with Gasteiger partial charge in [-0.25, -0.2) is 13.1 Å². The zero-order chi connectivity index (χ0) is 22.5. The lowest BCUT2D eigenvalue weighted by Crippen LogP contribution is -2.27. The van der Waals surface area contributed by atoms with Crippen LogP contribution in [0.25, 0.3) is 0 Å². The van der Waals surface area contributed by atoms with Crippen LogP contribution in [0.4, 0.5) is 18.9 Å². The quantitative estimate of drug-likeness (QED) is 0.645. The number of amides is 1. The summed E-state index contributed by atoms with van der Waals surface area (Å²) in [5.74, 6) is -0.0866. The number of carbonyl (C=O) groups excluding carboxylic acids is 1. The monoisotopic (exact) mass is 444 g/mol. The molecule has 164 valence electrons. The molecule has 0 unspecified atom stereocenters. The Hall–Kier alpha value is -2.59. The molecule has 1 amide bonds. The molecule has 0 aliphatic carbocycles. The lowest BCUT2D eigenvalue weighted by Gasteiger charge is -2.13. The molecule has 0 aliphatic heterocycles. The maximum atomic E-state index is 12.6. The fourth-order valence-corrected chi connectivity index (χ4v) is 3.69. The molecule has 2 N–H and O–H groups in total. The molecule has 2 aromatic carbocycles. The summed E-state index contributed by atoms with van der Waals surface area (Å²) >= 11 is 0. The van der Waals surface area contributed by atoms with E-state index in [0.29, 0.717) is 17.9 Å². The minimum absolute atomic E-state index is 0.0854. The molecule has 0 saturated heterocycles. The van der Waals surface area contributed by atoms with Gasteiger partial charge in [0.25, 0.3) is 5.91 Å². The van der Waals surface area contributed by atoms with Gasteiger partial charge in [0.05, 0.1) is 10.5 Å². The number of hydrogen-bond acceptors (Lipinski definition) is 4. The fraction of sp³-hybridized carbons (Fsp3) is 0.350. The van der Waals surface area contributed by atoms with Gasteiger partial charge in [0, 0.05) is 12.2 Å². The van der Waals surface area contributed by atoms with E-state index in [4.69, 9.17) is 4.74 Å². The Bertz CT molecular complexity index is 988. The molecule has 0 heterocycles. The van der Waals surface area contributed by atoms with Gasteiger partial charge in [-0.05, 0) is 60.9 Å².